The van der Waals surface area contributed by atoms with Crippen molar-refractivity contribution in [2.45, 2.75) is 52.5 Å². The highest BCUT2D eigenvalue weighted by Crippen LogP contribution is 2.45. The molecular formula is C21H31IN6. The molecule has 1 saturated heterocycles. The van der Waals surface area contributed by atoms with E-state index in [1.54, 1.807) is 6.20 Å². The van der Waals surface area contributed by atoms with Crippen molar-refractivity contribution in [1.82, 2.24) is 24.8 Å². The number of halogens is 1. The molecular weight excluding hydrogens is 463 g/mol. The van der Waals surface area contributed by atoms with Gasteiger partial charge in [-0.05, 0) is 50.2 Å². The lowest BCUT2D eigenvalue weighted by Gasteiger charge is -2.26. The molecule has 28 heavy (non-hydrogen) atoms. The van der Waals surface area contributed by atoms with Crippen molar-refractivity contribution in [1.29, 1.82) is 0 Å². The summed E-state index contributed by atoms with van der Waals surface area (Å²) in [7, 11) is 0. The predicted octanol–water partition coefficient (Wildman–Crippen LogP) is 3.93. The van der Waals surface area contributed by atoms with Gasteiger partial charge in [0.2, 0.25) is 0 Å². The smallest absolute Gasteiger partial charge is 0.194 e. The molecule has 2 aromatic rings. The molecule has 0 atom stereocenters. The SMILES string of the molecule is CCNC(=NCc1ccc(-n2ccnc2C)nc1)N1CCC2(CCCC2)C1.I. The average molecular weight is 494 g/mol. The number of aryl methyl sites for hydroxylation is 1. The molecule has 1 saturated carbocycles. The van der Waals surface area contributed by atoms with Gasteiger partial charge in [0.1, 0.15) is 11.6 Å². The number of nitrogens with one attached hydrogen (secondary N) is 1. The van der Waals surface area contributed by atoms with Gasteiger partial charge in [-0.25, -0.2) is 15.0 Å². The van der Waals surface area contributed by atoms with Crippen molar-refractivity contribution in [2.24, 2.45) is 10.4 Å². The number of aliphatic imine (C=N–C) groups is 1. The van der Waals surface area contributed by atoms with Crippen LogP contribution in [0.2, 0.25) is 0 Å². The largest absolute Gasteiger partial charge is 0.357 e. The van der Waals surface area contributed by atoms with Crippen LogP contribution in [0, 0.1) is 12.3 Å². The van der Waals surface area contributed by atoms with Crippen LogP contribution in [0.25, 0.3) is 5.82 Å². The Morgan fingerprint density at radius 1 is 1.21 bits per heavy atom. The van der Waals surface area contributed by atoms with Gasteiger partial charge in [-0.2, -0.15) is 0 Å². The molecule has 6 nitrogen and oxygen atoms in total. The van der Waals surface area contributed by atoms with Crippen LogP contribution in [0.5, 0.6) is 0 Å². The van der Waals surface area contributed by atoms with Crippen molar-refractivity contribution in [3.63, 3.8) is 0 Å². The van der Waals surface area contributed by atoms with E-state index >= 15 is 0 Å². The van der Waals surface area contributed by atoms with Crippen molar-refractivity contribution < 1.29 is 0 Å². The minimum atomic E-state index is 0. The van der Waals surface area contributed by atoms with E-state index in [4.69, 9.17) is 4.99 Å². The fourth-order valence-electron chi connectivity index (χ4n) is 4.51. The van der Waals surface area contributed by atoms with Crippen molar-refractivity contribution >= 4 is 29.9 Å². The molecule has 0 bridgehead atoms. The Hall–Kier alpha value is -1.64. The zero-order chi connectivity index (χ0) is 18.7. The molecule has 2 aromatic heterocycles. The second kappa shape index (κ2) is 9.24. The Kier molecular flexibility index (Phi) is 6.95. The monoisotopic (exact) mass is 494 g/mol. The molecule has 7 heteroatoms. The fraction of sp³-hybridized carbons (Fsp3) is 0.571. The van der Waals surface area contributed by atoms with Crippen LogP contribution < -0.4 is 5.32 Å². The number of likely N-dealkylation sites (tertiary alicyclic amines) is 1. The summed E-state index contributed by atoms with van der Waals surface area (Å²) in [5.41, 5.74) is 1.68. The summed E-state index contributed by atoms with van der Waals surface area (Å²) in [6.45, 7) is 7.97. The molecule has 2 aliphatic rings. The van der Waals surface area contributed by atoms with Gasteiger partial charge in [0, 0.05) is 38.2 Å². The van der Waals surface area contributed by atoms with Gasteiger partial charge in [-0.1, -0.05) is 18.9 Å². The first-order valence-electron chi connectivity index (χ1n) is 10.2. The van der Waals surface area contributed by atoms with Crippen LogP contribution in [0.4, 0.5) is 0 Å². The molecule has 1 N–H and O–H groups in total. The van der Waals surface area contributed by atoms with E-state index in [1.165, 1.54) is 32.1 Å². The first kappa shape index (κ1) is 21.1. The number of hydrogen-bond donors (Lipinski definition) is 1. The molecule has 0 aromatic carbocycles. The van der Waals surface area contributed by atoms with Gasteiger partial charge < -0.3 is 10.2 Å². The molecule has 0 unspecified atom stereocenters. The molecule has 3 heterocycles. The van der Waals surface area contributed by atoms with E-state index in [9.17, 15) is 0 Å². The number of pyridine rings is 1. The third kappa shape index (κ3) is 4.50. The minimum absolute atomic E-state index is 0. The third-order valence-electron chi connectivity index (χ3n) is 6.03. The van der Waals surface area contributed by atoms with Crippen LogP contribution in [-0.2, 0) is 6.54 Å². The number of nitrogens with zero attached hydrogens (tertiary/aromatic N) is 5. The molecule has 1 aliphatic heterocycles. The first-order valence-corrected chi connectivity index (χ1v) is 10.2. The van der Waals surface area contributed by atoms with Gasteiger partial charge in [-0.15, -0.1) is 24.0 Å². The minimum Gasteiger partial charge on any atom is -0.357 e. The van der Waals surface area contributed by atoms with Crippen molar-refractivity contribution in [3.8, 4) is 5.82 Å². The summed E-state index contributed by atoms with van der Waals surface area (Å²) in [5.74, 6) is 2.89. The lowest BCUT2D eigenvalue weighted by atomic mass is 9.86. The molecule has 1 aliphatic carbocycles. The van der Waals surface area contributed by atoms with Crippen LogP contribution >= 0.6 is 24.0 Å². The Balaban J connectivity index is 0.00000225. The topological polar surface area (TPSA) is 58.3 Å². The van der Waals surface area contributed by atoms with Gasteiger partial charge in [0.05, 0.1) is 6.54 Å². The maximum absolute atomic E-state index is 4.90. The van der Waals surface area contributed by atoms with Crippen molar-refractivity contribution in [2.75, 3.05) is 19.6 Å². The van der Waals surface area contributed by atoms with Gasteiger partial charge >= 0.3 is 0 Å². The van der Waals surface area contributed by atoms with Gasteiger partial charge in [0.25, 0.3) is 0 Å². The standard InChI is InChI=1S/C21H30N6.HI/c1-3-22-20(26-12-10-21(16-26)8-4-5-9-21)25-15-18-6-7-19(24-14-18)27-13-11-23-17(27)2;/h6-7,11,13-14H,3-5,8-10,12,15-16H2,1-2H3,(H,22,25);1H. The second-order valence-electron chi connectivity index (χ2n) is 7.92. The summed E-state index contributed by atoms with van der Waals surface area (Å²) in [6, 6.07) is 4.15. The van der Waals surface area contributed by atoms with Gasteiger partial charge in [0.15, 0.2) is 5.96 Å². The van der Waals surface area contributed by atoms with E-state index in [0.717, 1.165) is 42.8 Å². The predicted molar refractivity (Wildman–Crippen MR) is 123 cm³/mol. The average Bonchev–Trinajstić information content (AvgIpc) is 3.42. The highest BCUT2D eigenvalue weighted by molar-refractivity contribution is 14.0. The zero-order valence-electron chi connectivity index (χ0n) is 16.9. The zero-order valence-corrected chi connectivity index (χ0v) is 19.2. The van der Waals surface area contributed by atoms with E-state index in [1.807, 2.05) is 30.0 Å². The van der Waals surface area contributed by atoms with E-state index < -0.39 is 0 Å². The quantitative estimate of drug-likeness (QED) is 0.398. The lowest BCUT2D eigenvalue weighted by molar-refractivity contribution is 0.309. The molecule has 152 valence electrons. The summed E-state index contributed by atoms with van der Waals surface area (Å²) < 4.78 is 1.99. The molecule has 0 radical (unpaired) electrons. The molecule has 0 amide bonds. The second-order valence-corrected chi connectivity index (χ2v) is 7.92. The maximum Gasteiger partial charge on any atom is 0.194 e. The Bertz CT molecular complexity index is 791. The maximum atomic E-state index is 4.90. The van der Waals surface area contributed by atoms with Crippen LogP contribution in [-0.4, -0.2) is 45.0 Å². The molecule has 4 rings (SSSR count). The summed E-state index contributed by atoms with van der Waals surface area (Å²) in [5, 5.41) is 3.49. The summed E-state index contributed by atoms with van der Waals surface area (Å²) >= 11 is 0. The molecule has 2 fully saturated rings. The number of imidazole rings is 1. The Labute approximate surface area is 184 Å². The number of hydrogen-bond acceptors (Lipinski definition) is 3. The Morgan fingerprint density at radius 2 is 2.04 bits per heavy atom. The first-order chi connectivity index (χ1) is 13.2. The van der Waals surface area contributed by atoms with Crippen LogP contribution in [0.15, 0.2) is 35.7 Å². The number of rotatable bonds is 4. The number of guanidine groups is 1. The van der Waals surface area contributed by atoms with Gasteiger partial charge in [-0.3, -0.25) is 4.57 Å². The summed E-state index contributed by atoms with van der Waals surface area (Å²) in [6.07, 6.45) is 12.5. The molecule has 1 spiro atoms. The van der Waals surface area contributed by atoms with Crippen LogP contribution in [0.3, 0.4) is 0 Å². The number of aromatic nitrogens is 3. The van der Waals surface area contributed by atoms with E-state index in [-0.39, 0.29) is 24.0 Å². The normalized spacial score (nSPS) is 18.5. The Morgan fingerprint density at radius 3 is 2.68 bits per heavy atom. The third-order valence-corrected chi connectivity index (χ3v) is 6.03. The fourth-order valence-corrected chi connectivity index (χ4v) is 4.51. The highest BCUT2D eigenvalue weighted by Gasteiger charge is 2.41. The highest BCUT2D eigenvalue weighted by atomic mass is 127. The van der Waals surface area contributed by atoms with Crippen molar-refractivity contribution in [3.05, 3.63) is 42.1 Å². The van der Waals surface area contributed by atoms with Crippen LogP contribution in [0.1, 0.15) is 50.4 Å². The summed E-state index contributed by atoms with van der Waals surface area (Å²) in [4.78, 5) is 16.2. The lowest BCUT2D eigenvalue weighted by Crippen LogP contribution is -2.41. The van der Waals surface area contributed by atoms with E-state index in [2.05, 4.69) is 33.2 Å². The van der Waals surface area contributed by atoms with E-state index in [0.29, 0.717) is 12.0 Å².